The number of hydrogen-bond acceptors (Lipinski definition) is 2. The molecule has 1 rings (SSSR count). The minimum absolute atomic E-state index is 0.0476. The van der Waals surface area contributed by atoms with E-state index in [9.17, 15) is 4.79 Å². The highest BCUT2D eigenvalue weighted by Gasteiger charge is 2.26. The summed E-state index contributed by atoms with van der Waals surface area (Å²) in [5.74, 6) is -1.28. The lowest BCUT2D eigenvalue weighted by Crippen LogP contribution is -2.17. The van der Waals surface area contributed by atoms with Gasteiger partial charge in [-0.15, -0.1) is 0 Å². The number of carboxylic acids is 1. The largest absolute Gasteiger partial charge is 0.481 e. The van der Waals surface area contributed by atoms with E-state index < -0.39 is 11.9 Å². The fourth-order valence-electron chi connectivity index (χ4n) is 1.27. The lowest BCUT2D eigenvalue weighted by Gasteiger charge is -2.14. The molecule has 0 radical (unpaired) electrons. The number of carbonyl (C=O) groups is 1. The Morgan fingerprint density at radius 3 is 2.62 bits per heavy atom. The molecule has 0 amide bonds. The Balaban J connectivity index is 3.02. The minimum atomic E-state index is -0.822. The van der Waals surface area contributed by atoms with Crippen LogP contribution in [0.1, 0.15) is 25.3 Å². The van der Waals surface area contributed by atoms with Crippen LogP contribution in [0, 0.1) is 5.92 Å². The summed E-state index contributed by atoms with van der Waals surface area (Å²) in [4.78, 5) is 10.9. The van der Waals surface area contributed by atoms with E-state index in [0.29, 0.717) is 10.2 Å². The number of aliphatic carboxylic acids is 1. The van der Waals surface area contributed by atoms with Gasteiger partial charge in [0, 0.05) is 5.56 Å². The van der Waals surface area contributed by atoms with Gasteiger partial charge in [-0.2, -0.15) is 5.10 Å². The maximum Gasteiger partial charge on any atom is 0.311 e. The normalized spacial score (nSPS) is 13.2. The first-order chi connectivity index (χ1) is 6.04. The van der Waals surface area contributed by atoms with Gasteiger partial charge in [0.05, 0.1) is 12.1 Å². The van der Waals surface area contributed by atoms with Crippen molar-refractivity contribution >= 4 is 21.9 Å². The fourth-order valence-corrected chi connectivity index (χ4v) is 1.73. The van der Waals surface area contributed by atoms with Crippen LogP contribution in [0.4, 0.5) is 0 Å². The van der Waals surface area contributed by atoms with E-state index in [1.54, 1.807) is 6.20 Å². The zero-order chi connectivity index (χ0) is 10.0. The first-order valence-corrected chi connectivity index (χ1v) is 4.75. The predicted octanol–water partition coefficient (Wildman–Crippen LogP) is 2.00. The summed E-state index contributed by atoms with van der Waals surface area (Å²) < 4.78 is 0.647. The molecule has 1 heterocycles. The van der Waals surface area contributed by atoms with E-state index in [-0.39, 0.29) is 5.92 Å². The number of aromatic amines is 1. The maximum absolute atomic E-state index is 10.9. The second-order valence-electron chi connectivity index (χ2n) is 3.20. The first kappa shape index (κ1) is 10.2. The highest BCUT2D eigenvalue weighted by atomic mass is 79.9. The van der Waals surface area contributed by atoms with Gasteiger partial charge in [-0.1, -0.05) is 13.8 Å². The van der Waals surface area contributed by atoms with Crippen molar-refractivity contribution in [1.29, 1.82) is 0 Å². The molecule has 0 bridgehead atoms. The number of nitrogens with one attached hydrogen (secondary N) is 1. The molecule has 0 spiro atoms. The summed E-state index contributed by atoms with van der Waals surface area (Å²) in [6, 6.07) is 0. The van der Waals surface area contributed by atoms with E-state index >= 15 is 0 Å². The molecule has 0 aliphatic rings. The molecule has 0 aromatic carbocycles. The molecular weight excluding hydrogens is 236 g/mol. The van der Waals surface area contributed by atoms with E-state index in [1.165, 1.54) is 0 Å². The van der Waals surface area contributed by atoms with E-state index in [1.807, 2.05) is 13.8 Å². The summed E-state index contributed by atoms with van der Waals surface area (Å²) in [7, 11) is 0. The molecule has 2 N–H and O–H groups in total. The van der Waals surface area contributed by atoms with Gasteiger partial charge in [0.2, 0.25) is 0 Å². The molecular formula is C8H11BrN2O2. The Labute approximate surface area is 84.5 Å². The maximum atomic E-state index is 10.9. The molecule has 1 atom stereocenters. The van der Waals surface area contributed by atoms with E-state index in [4.69, 9.17) is 5.11 Å². The summed E-state index contributed by atoms with van der Waals surface area (Å²) in [5, 5.41) is 15.4. The van der Waals surface area contributed by atoms with Gasteiger partial charge in [0.1, 0.15) is 4.60 Å². The molecule has 0 saturated heterocycles. The zero-order valence-electron chi connectivity index (χ0n) is 7.41. The molecule has 13 heavy (non-hydrogen) atoms. The Bertz CT molecular complexity index is 309. The van der Waals surface area contributed by atoms with Crippen LogP contribution in [0.2, 0.25) is 0 Å². The number of H-pyrrole nitrogens is 1. The van der Waals surface area contributed by atoms with Gasteiger partial charge in [-0.3, -0.25) is 9.89 Å². The van der Waals surface area contributed by atoms with Crippen molar-refractivity contribution in [2.24, 2.45) is 5.92 Å². The molecule has 72 valence electrons. The average molecular weight is 247 g/mol. The third kappa shape index (κ3) is 2.09. The fraction of sp³-hybridized carbons (Fsp3) is 0.500. The lowest BCUT2D eigenvalue weighted by atomic mass is 9.91. The van der Waals surface area contributed by atoms with Crippen molar-refractivity contribution in [1.82, 2.24) is 10.2 Å². The predicted molar refractivity (Wildman–Crippen MR) is 51.5 cm³/mol. The smallest absolute Gasteiger partial charge is 0.311 e. The topological polar surface area (TPSA) is 66.0 Å². The van der Waals surface area contributed by atoms with Crippen LogP contribution >= 0.6 is 15.9 Å². The molecule has 1 aromatic rings. The second-order valence-corrected chi connectivity index (χ2v) is 3.99. The Morgan fingerprint density at radius 2 is 2.31 bits per heavy atom. The number of aromatic nitrogens is 2. The second kappa shape index (κ2) is 3.91. The van der Waals surface area contributed by atoms with Crippen LogP contribution in [0.25, 0.3) is 0 Å². The molecule has 1 unspecified atom stereocenters. The Morgan fingerprint density at radius 1 is 1.69 bits per heavy atom. The van der Waals surface area contributed by atoms with Gasteiger partial charge in [0.25, 0.3) is 0 Å². The highest BCUT2D eigenvalue weighted by molar-refractivity contribution is 9.10. The summed E-state index contributed by atoms with van der Waals surface area (Å²) in [6.45, 7) is 3.75. The zero-order valence-corrected chi connectivity index (χ0v) is 9.00. The Kier molecular flexibility index (Phi) is 3.08. The Hall–Kier alpha value is -0.840. The quantitative estimate of drug-likeness (QED) is 0.858. The number of nitrogens with zero attached hydrogens (tertiary/aromatic N) is 1. The van der Waals surface area contributed by atoms with Crippen LogP contribution in [0.3, 0.4) is 0 Å². The number of rotatable bonds is 3. The van der Waals surface area contributed by atoms with Gasteiger partial charge >= 0.3 is 5.97 Å². The van der Waals surface area contributed by atoms with Gasteiger partial charge < -0.3 is 5.11 Å². The standard InChI is InChI=1S/C8H11BrN2O2/c1-4(2)6(8(12)13)5-3-10-11-7(5)9/h3-4,6H,1-2H3,(H,10,11)(H,12,13). The van der Waals surface area contributed by atoms with Crippen LogP contribution in [-0.4, -0.2) is 21.3 Å². The van der Waals surface area contributed by atoms with Gasteiger partial charge in [-0.05, 0) is 21.8 Å². The summed E-state index contributed by atoms with van der Waals surface area (Å²) >= 11 is 3.22. The third-order valence-corrected chi connectivity index (χ3v) is 2.52. The van der Waals surface area contributed by atoms with E-state index in [2.05, 4.69) is 26.1 Å². The average Bonchev–Trinajstić information content (AvgIpc) is 2.35. The molecule has 0 fully saturated rings. The van der Waals surface area contributed by atoms with Crippen LogP contribution < -0.4 is 0 Å². The number of halogens is 1. The van der Waals surface area contributed by atoms with E-state index in [0.717, 1.165) is 0 Å². The third-order valence-electron chi connectivity index (χ3n) is 1.89. The van der Waals surface area contributed by atoms with Crippen molar-refractivity contribution in [2.45, 2.75) is 19.8 Å². The molecule has 4 nitrogen and oxygen atoms in total. The number of carboxylic acid groups (broad SMARTS) is 1. The van der Waals surface area contributed by atoms with Crippen LogP contribution in [-0.2, 0) is 4.79 Å². The monoisotopic (exact) mass is 246 g/mol. The molecule has 0 saturated carbocycles. The summed E-state index contributed by atoms with van der Waals surface area (Å²) in [5.41, 5.74) is 0.697. The van der Waals surface area contributed by atoms with Crippen LogP contribution in [0.15, 0.2) is 10.8 Å². The van der Waals surface area contributed by atoms with Crippen molar-refractivity contribution < 1.29 is 9.90 Å². The minimum Gasteiger partial charge on any atom is -0.481 e. The summed E-state index contributed by atoms with van der Waals surface area (Å²) in [6.07, 6.45) is 1.54. The highest BCUT2D eigenvalue weighted by Crippen LogP contribution is 2.28. The van der Waals surface area contributed by atoms with Gasteiger partial charge in [0.15, 0.2) is 0 Å². The van der Waals surface area contributed by atoms with Crippen molar-refractivity contribution in [3.63, 3.8) is 0 Å². The lowest BCUT2D eigenvalue weighted by molar-refractivity contribution is -0.139. The number of hydrogen-bond donors (Lipinski definition) is 2. The van der Waals surface area contributed by atoms with Crippen molar-refractivity contribution in [3.05, 3.63) is 16.4 Å². The van der Waals surface area contributed by atoms with Crippen molar-refractivity contribution in [3.8, 4) is 0 Å². The molecule has 0 aliphatic carbocycles. The molecule has 5 heteroatoms. The first-order valence-electron chi connectivity index (χ1n) is 3.95. The molecule has 1 aromatic heterocycles. The van der Waals surface area contributed by atoms with Crippen molar-refractivity contribution in [2.75, 3.05) is 0 Å². The SMILES string of the molecule is CC(C)C(C(=O)O)c1cn[nH]c1Br. The molecule has 0 aliphatic heterocycles. The van der Waals surface area contributed by atoms with Gasteiger partial charge in [-0.25, -0.2) is 0 Å². The van der Waals surface area contributed by atoms with Crippen LogP contribution in [0.5, 0.6) is 0 Å².